The Bertz CT molecular complexity index is 419. The van der Waals surface area contributed by atoms with Crippen molar-refractivity contribution < 1.29 is 14.7 Å². The van der Waals surface area contributed by atoms with Crippen molar-refractivity contribution >= 4 is 23.3 Å². The smallest absolute Gasteiger partial charge is 0.317 e. The van der Waals surface area contributed by atoms with Gasteiger partial charge in [-0.3, -0.25) is 4.79 Å². The van der Waals surface area contributed by atoms with Gasteiger partial charge in [0.05, 0.1) is 5.92 Å². The van der Waals surface area contributed by atoms with Gasteiger partial charge in [-0.15, -0.1) is 11.3 Å². The topological polar surface area (TPSA) is 69.6 Å². The van der Waals surface area contributed by atoms with Crippen LogP contribution in [0.3, 0.4) is 0 Å². The summed E-state index contributed by atoms with van der Waals surface area (Å²) in [4.78, 5) is 25.4. The molecule has 0 spiro atoms. The maximum Gasteiger partial charge on any atom is 0.317 e. The molecule has 1 saturated heterocycles. The van der Waals surface area contributed by atoms with Crippen molar-refractivity contribution in [2.45, 2.75) is 12.8 Å². The average Bonchev–Trinajstić information content (AvgIpc) is 2.99. The highest BCUT2D eigenvalue weighted by Crippen LogP contribution is 2.16. The number of carboxylic acids is 1. The third kappa shape index (κ3) is 3.22. The van der Waals surface area contributed by atoms with E-state index >= 15 is 0 Å². The molecule has 1 aliphatic heterocycles. The largest absolute Gasteiger partial charge is 0.481 e. The van der Waals surface area contributed by atoms with Crippen molar-refractivity contribution in [3.63, 3.8) is 0 Å². The zero-order valence-corrected chi connectivity index (χ0v) is 10.8. The lowest BCUT2D eigenvalue weighted by molar-refractivity contribution is -0.141. The molecule has 2 rings (SSSR count). The number of rotatable bonds is 4. The van der Waals surface area contributed by atoms with Crippen LogP contribution in [-0.4, -0.2) is 41.6 Å². The lowest BCUT2D eigenvalue weighted by Gasteiger charge is -2.16. The SMILES string of the molecule is O=C(O)C1CCN(C(=O)NCCc2cccs2)C1. The van der Waals surface area contributed by atoms with Crippen LogP contribution in [0.5, 0.6) is 0 Å². The van der Waals surface area contributed by atoms with Crippen LogP contribution in [0.25, 0.3) is 0 Å². The molecule has 1 unspecified atom stereocenters. The highest BCUT2D eigenvalue weighted by atomic mass is 32.1. The Morgan fingerprint density at radius 1 is 1.56 bits per heavy atom. The summed E-state index contributed by atoms with van der Waals surface area (Å²) in [6.07, 6.45) is 1.37. The molecule has 2 amide bonds. The Morgan fingerprint density at radius 2 is 2.39 bits per heavy atom. The van der Waals surface area contributed by atoms with Gasteiger partial charge in [-0.2, -0.15) is 0 Å². The van der Waals surface area contributed by atoms with Crippen molar-refractivity contribution in [1.29, 1.82) is 0 Å². The van der Waals surface area contributed by atoms with Crippen LogP contribution in [0.2, 0.25) is 0 Å². The fourth-order valence-corrected chi connectivity index (χ4v) is 2.71. The highest BCUT2D eigenvalue weighted by Gasteiger charge is 2.30. The molecule has 0 bridgehead atoms. The van der Waals surface area contributed by atoms with Crippen LogP contribution in [0, 0.1) is 5.92 Å². The van der Waals surface area contributed by atoms with Crippen molar-refractivity contribution in [1.82, 2.24) is 10.2 Å². The molecule has 0 aliphatic carbocycles. The Hall–Kier alpha value is -1.56. The van der Waals surface area contributed by atoms with Crippen LogP contribution in [0.1, 0.15) is 11.3 Å². The Morgan fingerprint density at radius 3 is 3.00 bits per heavy atom. The first-order valence-corrected chi connectivity index (χ1v) is 6.83. The van der Waals surface area contributed by atoms with Gasteiger partial charge in [0.25, 0.3) is 0 Å². The molecule has 98 valence electrons. The van der Waals surface area contributed by atoms with Crippen LogP contribution >= 0.6 is 11.3 Å². The number of carboxylic acid groups (broad SMARTS) is 1. The predicted molar refractivity (Wildman–Crippen MR) is 68.7 cm³/mol. The highest BCUT2D eigenvalue weighted by molar-refractivity contribution is 7.09. The Labute approximate surface area is 109 Å². The van der Waals surface area contributed by atoms with Crippen LogP contribution in [0.4, 0.5) is 4.79 Å². The molecule has 1 aromatic heterocycles. The number of carbonyl (C=O) groups is 2. The lowest BCUT2D eigenvalue weighted by atomic mass is 10.1. The molecule has 1 fully saturated rings. The van der Waals surface area contributed by atoms with Gasteiger partial charge < -0.3 is 15.3 Å². The third-order valence-corrected chi connectivity index (χ3v) is 3.99. The van der Waals surface area contributed by atoms with E-state index in [1.165, 1.54) is 4.88 Å². The summed E-state index contributed by atoms with van der Waals surface area (Å²) in [5, 5.41) is 13.7. The first-order valence-electron chi connectivity index (χ1n) is 5.95. The Balaban J connectivity index is 1.71. The number of nitrogens with zero attached hydrogens (tertiary/aromatic N) is 1. The molecule has 2 heterocycles. The number of hydrogen-bond acceptors (Lipinski definition) is 3. The van der Waals surface area contributed by atoms with Gasteiger partial charge in [0.15, 0.2) is 0 Å². The molecule has 1 atom stereocenters. The monoisotopic (exact) mass is 268 g/mol. The minimum Gasteiger partial charge on any atom is -0.481 e. The van der Waals surface area contributed by atoms with E-state index < -0.39 is 11.9 Å². The van der Waals surface area contributed by atoms with Gasteiger partial charge in [-0.25, -0.2) is 4.79 Å². The second-order valence-corrected chi connectivity index (χ2v) is 5.36. The van der Waals surface area contributed by atoms with Crippen molar-refractivity contribution in [2.75, 3.05) is 19.6 Å². The van der Waals surface area contributed by atoms with Gasteiger partial charge in [0, 0.05) is 24.5 Å². The molecule has 1 aromatic rings. The quantitative estimate of drug-likeness (QED) is 0.867. The summed E-state index contributed by atoms with van der Waals surface area (Å²) in [6, 6.07) is 3.86. The number of nitrogens with one attached hydrogen (secondary N) is 1. The molecule has 1 aliphatic rings. The maximum atomic E-state index is 11.8. The predicted octanol–water partition coefficient (Wildman–Crippen LogP) is 1.41. The summed E-state index contributed by atoms with van der Waals surface area (Å²) in [5.41, 5.74) is 0. The number of urea groups is 1. The van der Waals surface area contributed by atoms with Gasteiger partial charge in [-0.05, 0) is 24.3 Å². The second-order valence-electron chi connectivity index (χ2n) is 4.33. The lowest BCUT2D eigenvalue weighted by Crippen LogP contribution is -2.39. The summed E-state index contributed by atoms with van der Waals surface area (Å²) < 4.78 is 0. The molecule has 0 saturated carbocycles. The van der Waals surface area contributed by atoms with E-state index in [4.69, 9.17) is 5.11 Å². The molecule has 0 aromatic carbocycles. The second kappa shape index (κ2) is 5.86. The molecule has 0 radical (unpaired) electrons. The molecule has 6 heteroatoms. The fourth-order valence-electron chi connectivity index (χ4n) is 2.01. The molecule has 2 N–H and O–H groups in total. The normalized spacial score (nSPS) is 18.9. The minimum absolute atomic E-state index is 0.157. The minimum atomic E-state index is -0.816. The molecule has 18 heavy (non-hydrogen) atoms. The van der Waals surface area contributed by atoms with Crippen LogP contribution < -0.4 is 5.32 Å². The van der Waals surface area contributed by atoms with Crippen molar-refractivity contribution in [3.8, 4) is 0 Å². The number of likely N-dealkylation sites (tertiary alicyclic amines) is 1. The molecule has 5 nitrogen and oxygen atoms in total. The van der Waals surface area contributed by atoms with Crippen LogP contribution in [-0.2, 0) is 11.2 Å². The van der Waals surface area contributed by atoms with Crippen molar-refractivity contribution in [2.24, 2.45) is 5.92 Å². The number of aliphatic carboxylic acids is 1. The van der Waals surface area contributed by atoms with E-state index in [9.17, 15) is 9.59 Å². The summed E-state index contributed by atoms with van der Waals surface area (Å²) in [5.74, 6) is -1.23. The number of thiophene rings is 1. The summed E-state index contributed by atoms with van der Waals surface area (Å²) >= 11 is 1.67. The first-order chi connectivity index (χ1) is 8.66. The van der Waals surface area contributed by atoms with Crippen molar-refractivity contribution in [3.05, 3.63) is 22.4 Å². The van der Waals surface area contributed by atoms with Gasteiger partial charge in [0.2, 0.25) is 0 Å². The van der Waals surface area contributed by atoms with Crippen LogP contribution in [0.15, 0.2) is 17.5 Å². The van der Waals surface area contributed by atoms with Gasteiger partial charge in [-0.1, -0.05) is 6.07 Å². The third-order valence-electron chi connectivity index (χ3n) is 3.05. The fraction of sp³-hybridized carbons (Fsp3) is 0.500. The molecular weight excluding hydrogens is 252 g/mol. The number of amides is 2. The van der Waals surface area contributed by atoms with E-state index in [0.717, 1.165) is 6.42 Å². The number of carbonyl (C=O) groups excluding carboxylic acids is 1. The summed E-state index contributed by atoms with van der Waals surface area (Å²) in [6.45, 7) is 1.44. The van der Waals surface area contributed by atoms with Gasteiger partial charge in [0.1, 0.15) is 0 Å². The number of hydrogen-bond donors (Lipinski definition) is 2. The van der Waals surface area contributed by atoms with E-state index in [1.807, 2.05) is 17.5 Å². The maximum absolute atomic E-state index is 11.8. The van der Waals surface area contributed by atoms with E-state index in [2.05, 4.69) is 5.32 Å². The zero-order valence-electron chi connectivity index (χ0n) is 9.96. The van der Waals surface area contributed by atoms with E-state index in [1.54, 1.807) is 16.2 Å². The Kier molecular flexibility index (Phi) is 4.19. The zero-order chi connectivity index (χ0) is 13.0. The average molecular weight is 268 g/mol. The first kappa shape index (κ1) is 12.9. The standard InChI is InChI=1S/C12H16N2O3S/c15-11(16)9-4-6-14(8-9)12(17)13-5-3-10-2-1-7-18-10/h1-2,7,9H,3-6,8H2,(H,13,17)(H,15,16). The summed E-state index contributed by atoms with van der Waals surface area (Å²) in [7, 11) is 0. The van der Waals surface area contributed by atoms with E-state index in [0.29, 0.717) is 26.1 Å². The van der Waals surface area contributed by atoms with Gasteiger partial charge >= 0.3 is 12.0 Å². The molecular formula is C12H16N2O3S. The van der Waals surface area contributed by atoms with E-state index in [-0.39, 0.29) is 6.03 Å².